The van der Waals surface area contributed by atoms with Crippen LogP contribution in [0.2, 0.25) is 10.0 Å². The highest BCUT2D eigenvalue weighted by molar-refractivity contribution is 7.90. The van der Waals surface area contributed by atoms with E-state index in [1.807, 2.05) is 24.3 Å². The number of hydrogen-bond donors (Lipinski definition) is 2. The van der Waals surface area contributed by atoms with Crippen molar-refractivity contribution in [3.63, 3.8) is 0 Å². The van der Waals surface area contributed by atoms with Gasteiger partial charge in [-0.05, 0) is 53.8 Å². The van der Waals surface area contributed by atoms with Crippen LogP contribution in [0.15, 0.2) is 60.9 Å². The highest BCUT2D eigenvalue weighted by Gasteiger charge is 2.51. The minimum absolute atomic E-state index is 0.0515. The second-order valence-corrected chi connectivity index (χ2v) is 14.1. The highest BCUT2D eigenvalue weighted by atomic mass is 35.5. The van der Waals surface area contributed by atoms with Crippen molar-refractivity contribution in [2.45, 2.75) is 18.3 Å². The predicted molar refractivity (Wildman–Crippen MR) is 165 cm³/mol. The number of anilines is 2. The number of carbonyl (C=O) groups excluding carboxylic acids is 3. The Hall–Kier alpha value is -3.93. The van der Waals surface area contributed by atoms with Crippen LogP contribution in [0.25, 0.3) is 5.57 Å². The molecule has 0 saturated carbocycles. The molecule has 1 spiro atoms. The Balaban J connectivity index is 1.21. The third kappa shape index (κ3) is 5.60. The van der Waals surface area contributed by atoms with E-state index >= 15 is 0 Å². The molecular weight excluding hydrogens is 613 g/mol. The van der Waals surface area contributed by atoms with E-state index in [-0.39, 0.29) is 31.3 Å². The summed E-state index contributed by atoms with van der Waals surface area (Å²) in [5, 5.41) is 6.37. The number of sulfone groups is 1. The van der Waals surface area contributed by atoms with Crippen molar-refractivity contribution >= 4 is 68.0 Å². The third-order valence-electron chi connectivity index (χ3n) is 8.00. The van der Waals surface area contributed by atoms with Crippen molar-refractivity contribution in [3.8, 4) is 0 Å². The van der Waals surface area contributed by atoms with E-state index in [2.05, 4.69) is 15.6 Å². The lowest BCUT2D eigenvalue weighted by molar-refractivity contribution is -0.120. The molecule has 3 aliphatic rings. The maximum Gasteiger partial charge on any atom is 0.324 e. The molecule has 3 heterocycles. The van der Waals surface area contributed by atoms with Gasteiger partial charge in [0, 0.05) is 48.6 Å². The number of aromatic nitrogens is 1. The smallest absolute Gasteiger partial charge is 0.324 e. The van der Waals surface area contributed by atoms with Gasteiger partial charge >= 0.3 is 6.03 Å². The number of benzene rings is 2. The maximum atomic E-state index is 13.3. The molecule has 4 amide bonds. The first-order valence-electron chi connectivity index (χ1n) is 13.5. The van der Waals surface area contributed by atoms with Gasteiger partial charge in [0.2, 0.25) is 11.8 Å². The lowest BCUT2D eigenvalue weighted by Crippen LogP contribution is -2.48. The number of rotatable bonds is 7. The van der Waals surface area contributed by atoms with E-state index in [9.17, 15) is 22.8 Å². The van der Waals surface area contributed by atoms with Crippen LogP contribution < -0.4 is 10.6 Å². The minimum atomic E-state index is -3.35. The Kier molecular flexibility index (Phi) is 7.44. The monoisotopic (exact) mass is 639 g/mol. The van der Waals surface area contributed by atoms with Crippen LogP contribution in [0.4, 0.5) is 16.3 Å². The first-order valence-corrected chi connectivity index (χ1v) is 16.3. The Labute approximate surface area is 258 Å². The number of amides is 4. The quantitative estimate of drug-likeness (QED) is 0.400. The lowest BCUT2D eigenvalue weighted by atomic mass is 9.79. The number of fused-ring (bicyclic) bond motifs is 3. The summed E-state index contributed by atoms with van der Waals surface area (Å²) in [5.41, 5.74) is 3.83. The molecule has 2 aliphatic heterocycles. The second-order valence-electron chi connectivity index (χ2n) is 11.0. The topological polar surface area (TPSA) is 129 Å². The van der Waals surface area contributed by atoms with Crippen molar-refractivity contribution in [2.75, 3.05) is 42.3 Å². The number of urea groups is 1. The van der Waals surface area contributed by atoms with Crippen molar-refractivity contribution in [2.24, 2.45) is 0 Å². The first kappa shape index (κ1) is 29.2. The van der Waals surface area contributed by atoms with Gasteiger partial charge in [0.25, 0.3) is 0 Å². The minimum Gasteiger partial charge on any atom is -0.325 e. The van der Waals surface area contributed by atoms with Gasteiger partial charge in [-0.1, -0.05) is 47.5 Å². The molecular formula is C30H27Cl2N5O5S. The molecule has 2 N–H and O–H groups in total. The molecule has 0 radical (unpaired) electrons. The van der Waals surface area contributed by atoms with E-state index in [1.165, 1.54) is 9.80 Å². The summed E-state index contributed by atoms with van der Waals surface area (Å²) in [6.45, 7) is -0.270. The molecule has 0 unspecified atom stereocenters. The summed E-state index contributed by atoms with van der Waals surface area (Å²) in [6, 6.07) is 13.9. The van der Waals surface area contributed by atoms with E-state index < -0.39 is 27.2 Å². The number of carbonyl (C=O) groups is 3. The van der Waals surface area contributed by atoms with E-state index in [0.29, 0.717) is 45.5 Å². The molecule has 0 fully saturated rings. The zero-order chi connectivity index (χ0) is 30.5. The molecule has 1 aromatic heterocycles. The van der Waals surface area contributed by atoms with Crippen LogP contribution >= 0.6 is 23.2 Å². The van der Waals surface area contributed by atoms with Crippen LogP contribution in [0.3, 0.4) is 0 Å². The van der Waals surface area contributed by atoms with E-state index in [1.54, 1.807) is 36.7 Å². The average Bonchev–Trinajstić information content (AvgIpc) is 3.47. The molecule has 1 atom stereocenters. The molecule has 0 saturated heterocycles. The fraction of sp³-hybridized carbons (Fsp3) is 0.267. The van der Waals surface area contributed by atoms with Crippen molar-refractivity contribution in [1.29, 1.82) is 0 Å². The normalized spacial score (nSPS) is 19.3. The van der Waals surface area contributed by atoms with Crippen LogP contribution in [0, 0.1) is 0 Å². The summed E-state index contributed by atoms with van der Waals surface area (Å²) in [5.74, 6) is -0.191. The number of nitrogens with one attached hydrogen (secondary N) is 2. The Morgan fingerprint density at radius 2 is 1.88 bits per heavy atom. The van der Waals surface area contributed by atoms with Crippen molar-refractivity contribution in [1.82, 2.24) is 14.8 Å². The van der Waals surface area contributed by atoms with Crippen molar-refractivity contribution < 1.29 is 22.8 Å². The van der Waals surface area contributed by atoms with Gasteiger partial charge in [-0.2, -0.15) is 0 Å². The van der Waals surface area contributed by atoms with Crippen LogP contribution in [0.5, 0.6) is 0 Å². The summed E-state index contributed by atoms with van der Waals surface area (Å²) in [4.78, 5) is 46.5. The maximum absolute atomic E-state index is 13.3. The molecule has 222 valence electrons. The van der Waals surface area contributed by atoms with Gasteiger partial charge in [0.1, 0.15) is 22.2 Å². The predicted octanol–water partition coefficient (Wildman–Crippen LogP) is 4.14. The van der Waals surface area contributed by atoms with Gasteiger partial charge in [-0.15, -0.1) is 0 Å². The molecule has 1 aliphatic carbocycles. The fourth-order valence-corrected chi connectivity index (χ4v) is 6.88. The number of halogens is 2. The van der Waals surface area contributed by atoms with Gasteiger partial charge in [-0.25, -0.2) is 18.2 Å². The molecule has 2 aromatic carbocycles. The molecule has 10 nitrogen and oxygen atoms in total. The average molecular weight is 641 g/mol. The van der Waals surface area contributed by atoms with Crippen molar-refractivity contribution in [3.05, 3.63) is 93.2 Å². The van der Waals surface area contributed by atoms with Crippen LogP contribution in [-0.4, -0.2) is 72.7 Å². The zero-order valence-electron chi connectivity index (χ0n) is 23.1. The summed E-state index contributed by atoms with van der Waals surface area (Å²) in [7, 11) is -3.35. The highest BCUT2D eigenvalue weighted by Crippen LogP contribution is 2.47. The molecule has 3 aromatic rings. The standard InChI is InChI=1S/C30H27Cl2N5O5S/c1-43(41,42)11-10-36-15-20(22-4-2-6-24(31)26(22)32)16-37(29(36)40)17-25(38)34-21-8-7-18-13-30(14-19(18)12-21)23-5-3-9-33-27(23)35-28(30)39/h2-9,12,16H,10-11,13-15,17H2,1H3,(H,34,38)(H,33,35,39)/t30-/m1/s1. The third-order valence-corrected chi connectivity index (χ3v) is 9.74. The number of pyridine rings is 1. The summed E-state index contributed by atoms with van der Waals surface area (Å²) >= 11 is 12.7. The zero-order valence-corrected chi connectivity index (χ0v) is 25.4. The number of nitrogens with zero attached hydrogens (tertiary/aromatic N) is 3. The first-order chi connectivity index (χ1) is 20.4. The van der Waals surface area contributed by atoms with Gasteiger partial charge in [-0.3, -0.25) is 14.5 Å². The lowest BCUT2D eigenvalue weighted by Gasteiger charge is -2.34. The van der Waals surface area contributed by atoms with Gasteiger partial charge < -0.3 is 15.5 Å². The summed E-state index contributed by atoms with van der Waals surface area (Å²) < 4.78 is 23.7. The number of hydrogen-bond acceptors (Lipinski definition) is 6. The largest absolute Gasteiger partial charge is 0.325 e. The van der Waals surface area contributed by atoms with E-state index in [4.69, 9.17) is 23.2 Å². The fourth-order valence-electron chi connectivity index (χ4n) is 5.91. The summed E-state index contributed by atoms with van der Waals surface area (Å²) in [6.07, 6.45) is 5.31. The molecule has 13 heteroatoms. The second kappa shape index (κ2) is 11.0. The SMILES string of the molecule is CS(=O)(=O)CCN1CC(c2cccc(Cl)c2Cl)=CN(CC(=O)Nc2ccc3c(c2)C[C@@]2(C3)C(=O)Nc3ncccc32)C1=O. The Morgan fingerprint density at radius 1 is 1.09 bits per heavy atom. The van der Waals surface area contributed by atoms with Crippen LogP contribution in [0.1, 0.15) is 22.3 Å². The van der Waals surface area contributed by atoms with Gasteiger partial charge in [0.05, 0.1) is 21.2 Å². The molecule has 6 rings (SSSR count). The molecule has 0 bridgehead atoms. The Bertz CT molecular complexity index is 1830. The van der Waals surface area contributed by atoms with E-state index in [0.717, 1.165) is 22.9 Å². The van der Waals surface area contributed by atoms with Crippen LogP contribution in [-0.2, 0) is 37.7 Å². The van der Waals surface area contributed by atoms with Gasteiger partial charge in [0.15, 0.2) is 0 Å². The molecule has 43 heavy (non-hydrogen) atoms. The Morgan fingerprint density at radius 3 is 2.67 bits per heavy atom.